The Bertz CT molecular complexity index is 366. The molecule has 2 nitrogen and oxygen atoms in total. The van der Waals surface area contributed by atoms with E-state index in [0.29, 0.717) is 24.1 Å². The molecule has 4 heteroatoms. The lowest BCUT2D eigenvalue weighted by atomic mass is 9.99. The van der Waals surface area contributed by atoms with Gasteiger partial charge < -0.3 is 4.90 Å². The summed E-state index contributed by atoms with van der Waals surface area (Å²) in [7, 11) is 0. The summed E-state index contributed by atoms with van der Waals surface area (Å²) in [6, 6.07) is 4.21. The van der Waals surface area contributed by atoms with Crippen LogP contribution in [0, 0.1) is 5.92 Å². The van der Waals surface area contributed by atoms with Gasteiger partial charge in [-0.15, -0.1) is 22.9 Å². The predicted molar refractivity (Wildman–Crippen MR) is 77.3 cm³/mol. The molecule has 1 unspecified atom stereocenters. The van der Waals surface area contributed by atoms with Crippen LogP contribution in [0.5, 0.6) is 0 Å². The fourth-order valence-corrected chi connectivity index (χ4v) is 3.45. The van der Waals surface area contributed by atoms with Crippen LogP contribution in [-0.4, -0.2) is 29.8 Å². The molecule has 1 aliphatic rings. The molecule has 0 N–H and O–H groups in total. The Morgan fingerprint density at radius 2 is 2.44 bits per heavy atom. The summed E-state index contributed by atoms with van der Waals surface area (Å²) in [5.74, 6) is 1.49. The quantitative estimate of drug-likeness (QED) is 0.758. The van der Waals surface area contributed by atoms with Gasteiger partial charge in [-0.25, -0.2) is 0 Å². The molecular formula is C14H20ClNOS. The third-order valence-corrected chi connectivity index (χ3v) is 4.86. The fourth-order valence-electron chi connectivity index (χ4n) is 2.44. The van der Waals surface area contributed by atoms with Gasteiger partial charge >= 0.3 is 0 Å². The monoisotopic (exact) mass is 285 g/mol. The van der Waals surface area contributed by atoms with E-state index in [2.05, 4.69) is 17.5 Å². The molecule has 0 bridgehead atoms. The van der Waals surface area contributed by atoms with Crippen molar-refractivity contribution in [1.29, 1.82) is 0 Å². The van der Waals surface area contributed by atoms with E-state index in [-0.39, 0.29) is 0 Å². The van der Waals surface area contributed by atoms with Crippen LogP contribution in [0.4, 0.5) is 0 Å². The van der Waals surface area contributed by atoms with Gasteiger partial charge in [0.05, 0.1) is 0 Å². The van der Waals surface area contributed by atoms with Crippen molar-refractivity contribution in [2.45, 2.75) is 32.1 Å². The van der Waals surface area contributed by atoms with E-state index in [4.69, 9.17) is 11.6 Å². The maximum atomic E-state index is 12.1. The van der Waals surface area contributed by atoms with Crippen molar-refractivity contribution in [3.8, 4) is 0 Å². The third kappa shape index (κ3) is 3.99. The summed E-state index contributed by atoms with van der Waals surface area (Å²) in [4.78, 5) is 15.5. The van der Waals surface area contributed by atoms with Crippen LogP contribution in [0.2, 0.25) is 0 Å². The number of hydrogen-bond donors (Lipinski definition) is 0. The number of hydrogen-bond acceptors (Lipinski definition) is 2. The number of carbonyl (C=O) groups is 1. The van der Waals surface area contributed by atoms with Crippen LogP contribution in [-0.2, 0) is 11.2 Å². The molecule has 0 aliphatic carbocycles. The first-order valence-corrected chi connectivity index (χ1v) is 8.07. The summed E-state index contributed by atoms with van der Waals surface area (Å²) < 4.78 is 0. The minimum atomic E-state index is 0.307. The number of halogens is 1. The standard InChI is InChI=1S/C14H20ClNOS/c15-10-12-4-2-8-16(11-12)14(17)7-1-5-13-6-3-9-18-13/h3,6,9,12H,1-2,4-5,7-8,10-11H2. The van der Waals surface area contributed by atoms with Gasteiger partial charge in [-0.1, -0.05) is 6.07 Å². The van der Waals surface area contributed by atoms with E-state index in [0.717, 1.165) is 32.4 Å². The number of nitrogens with zero attached hydrogens (tertiary/aromatic N) is 1. The number of likely N-dealkylation sites (tertiary alicyclic amines) is 1. The zero-order chi connectivity index (χ0) is 12.8. The fraction of sp³-hybridized carbons (Fsp3) is 0.643. The second-order valence-electron chi connectivity index (χ2n) is 4.94. The lowest BCUT2D eigenvalue weighted by molar-refractivity contribution is -0.132. The summed E-state index contributed by atoms with van der Waals surface area (Å²) in [6.45, 7) is 1.78. The molecule has 0 aromatic carbocycles. The number of carbonyl (C=O) groups excluding carboxylic acids is 1. The van der Waals surface area contributed by atoms with E-state index in [9.17, 15) is 4.79 Å². The van der Waals surface area contributed by atoms with Crippen molar-refractivity contribution in [3.63, 3.8) is 0 Å². The lowest BCUT2D eigenvalue weighted by Crippen LogP contribution is -2.40. The van der Waals surface area contributed by atoms with Gasteiger partial charge in [-0.05, 0) is 43.0 Å². The summed E-state index contributed by atoms with van der Waals surface area (Å²) in [6.07, 6.45) is 4.93. The highest BCUT2D eigenvalue weighted by Crippen LogP contribution is 2.19. The second-order valence-corrected chi connectivity index (χ2v) is 6.28. The van der Waals surface area contributed by atoms with Crippen molar-refractivity contribution in [2.24, 2.45) is 5.92 Å². The van der Waals surface area contributed by atoms with Gasteiger partial charge in [0.15, 0.2) is 0 Å². The molecule has 1 aliphatic heterocycles. The number of rotatable bonds is 5. The van der Waals surface area contributed by atoms with Gasteiger partial charge in [0.25, 0.3) is 0 Å². The highest BCUT2D eigenvalue weighted by molar-refractivity contribution is 7.09. The van der Waals surface area contributed by atoms with Crippen LogP contribution in [0.1, 0.15) is 30.6 Å². The molecule has 0 radical (unpaired) electrons. The van der Waals surface area contributed by atoms with E-state index >= 15 is 0 Å². The van der Waals surface area contributed by atoms with Crippen LogP contribution in [0.3, 0.4) is 0 Å². The average Bonchev–Trinajstić information content (AvgIpc) is 2.92. The Morgan fingerprint density at radius 3 is 3.17 bits per heavy atom. The number of alkyl halides is 1. The summed E-state index contributed by atoms with van der Waals surface area (Å²) in [5, 5.41) is 2.09. The van der Waals surface area contributed by atoms with Crippen LogP contribution < -0.4 is 0 Å². The van der Waals surface area contributed by atoms with E-state index in [1.54, 1.807) is 11.3 Å². The average molecular weight is 286 g/mol. The SMILES string of the molecule is O=C(CCCc1cccs1)N1CCCC(CCl)C1. The Morgan fingerprint density at radius 1 is 1.56 bits per heavy atom. The Labute approximate surface area is 118 Å². The highest BCUT2D eigenvalue weighted by Gasteiger charge is 2.22. The molecule has 1 aromatic rings. The van der Waals surface area contributed by atoms with Crippen LogP contribution >= 0.6 is 22.9 Å². The number of piperidine rings is 1. The number of thiophene rings is 1. The second kappa shape index (κ2) is 7.15. The van der Waals surface area contributed by atoms with E-state index in [1.165, 1.54) is 11.3 Å². The minimum Gasteiger partial charge on any atom is -0.342 e. The van der Waals surface area contributed by atoms with Gasteiger partial charge in [0.2, 0.25) is 5.91 Å². The van der Waals surface area contributed by atoms with Gasteiger partial charge in [0, 0.05) is 30.3 Å². The molecule has 1 atom stereocenters. The molecule has 1 fully saturated rings. The summed E-state index contributed by atoms with van der Waals surface area (Å²) in [5.41, 5.74) is 0. The molecule has 2 heterocycles. The molecule has 1 aromatic heterocycles. The molecule has 0 spiro atoms. The highest BCUT2D eigenvalue weighted by atomic mass is 35.5. The van der Waals surface area contributed by atoms with Gasteiger partial charge in [-0.2, -0.15) is 0 Å². The molecule has 1 saturated heterocycles. The van der Waals surface area contributed by atoms with Crippen molar-refractivity contribution in [2.75, 3.05) is 19.0 Å². The van der Waals surface area contributed by atoms with E-state index in [1.807, 2.05) is 4.90 Å². The smallest absolute Gasteiger partial charge is 0.222 e. The van der Waals surface area contributed by atoms with Crippen molar-refractivity contribution in [1.82, 2.24) is 4.90 Å². The van der Waals surface area contributed by atoms with Gasteiger partial charge in [0.1, 0.15) is 0 Å². The first kappa shape index (κ1) is 13.9. The first-order chi connectivity index (χ1) is 8.79. The normalized spacial score (nSPS) is 20.1. The first-order valence-electron chi connectivity index (χ1n) is 6.65. The van der Waals surface area contributed by atoms with Crippen LogP contribution in [0.15, 0.2) is 17.5 Å². The largest absolute Gasteiger partial charge is 0.342 e. The maximum Gasteiger partial charge on any atom is 0.222 e. The third-order valence-electron chi connectivity index (χ3n) is 3.48. The van der Waals surface area contributed by atoms with Crippen molar-refractivity contribution < 1.29 is 4.79 Å². The maximum absolute atomic E-state index is 12.1. The number of aryl methyl sites for hydroxylation is 1. The summed E-state index contributed by atoms with van der Waals surface area (Å²) >= 11 is 7.66. The van der Waals surface area contributed by atoms with Crippen molar-refractivity contribution >= 4 is 28.8 Å². The lowest BCUT2D eigenvalue weighted by Gasteiger charge is -2.31. The Kier molecular flexibility index (Phi) is 5.51. The topological polar surface area (TPSA) is 20.3 Å². The zero-order valence-corrected chi connectivity index (χ0v) is 12.2. The number of amides is 1. The molecule has 1 amide bonds. The van der Waals surface area contributed by atoms with Crippen molar-refractivity contribution in [3.05, 3.63) is 22.4 Å². The Hall–Kier alpha value is -0.540. The van der Waals surface area contributed by atoms with E-state index < -0.39 is 0 Å². The molecule has 0 saturated carbocycles. The minimum absolute atomic E-state index is 0.307. The van der Waals surface area contributed by atoms with Gasteiger partial charge in [-0.3, -0.25) is 4.79 Å². The predicted octanol–water partition coefficient (Wildman–Crippen LogP) is 3.55. The zero-order valence-electron chi connectivity index (χ0n) is 10.6. The van der Waals surface area contributed by atoms with Crippen LogP contribution in [0.25, 0.3) is 0 Å². The molecular weight excluding hydrogens is 266 g/mol. The molecule has 2 rings (SSSR count). The molecule has 18 heavy (non-hydrogen) atoms. The Balaban J connectivity index is 1.70. The molecule has 100 valence electrons.